The maximum Gasteiger partial charge on any atom is 0.0431 e. The predicted octanol–water partition coefficient (Wildman–Crippen LogP) is 2.85. The van der Waals surface area contributed by atoms with Crippen LogP contribution in [0.25, 0.3) is 0 Å². The molecule has 0 spiro atoms. The van der Waals surface area contributed by atoms with Gasteiger partial charge < -0.3 is 10.4 Å². The summed E-state index contributed by atoms with van der Waals surface area (Å²) in [4.78, 5) is 0. The van der Waals surface area contributed by atoms with Crippen molar-refractivity contribution in [1.82, 2.24) is 5.32 Å². The number of aliphatic hydroxyl groups is 1. The van der Waals surface area contributed by atoms with E-state index in [1.807, 2.05) is 0 Å². The summed E-state index contributed by atoms with van der Waals surface area (Å²) >= 11 is 0. The zero-order chi connectivity index (χ0) is 10.9. The first-order chi connectivity index (χ1) is 7.33. The average Bonchev–Trinajstić information content (AvgIpc) is 2.19. The molecule has 0 aliphatic heterocycles. The number of rotatable bonds is 5. The molecule has 0 radical (unpaired) electrons. The molecule has 2 heteroatoms. The van der Waals surface area contributed by atoms with Crippen molar-refractivity contribution in [3.05, 3.63) is 0 Å². The molecule has 0 heterocycles. The standard InChI is InChI=1S/C13H27NO/c1-12(8-7-11-15)14-13-9-5-3-2-4-6-10-13/h12-15H,2-11H2,1H3. The molecule has 0 amide bonds. The van der Waals surface area contributed by atoms with E-state index in [-0.39, 0.29) is 0 Å². The van der Waals surface area contributed by atoms with Crippen LogP contribution in [0.15, 0.2) is 0 Å². The zero-order valence-electron chi connectivity index (χ0n) is 10.2. The van der Waals surface area contributed by atoms with E-state index in [0.29, 0.717) is 12.6 Å². The highest BCUT2D eigenvalue weighted by Crippen LogP contribution is 2.17. The van der Waals surface area contributed by atoms with Crippen LogP contribution >= 0.6 is 0 Å². The minimum Gasteiger partial charge on any atom is -0.396 e. The third-order valence-corrected chi connectivity index (χ3v) is 3.42. The highest BCUT2D eigenvalue weighted by Gasteiger charge is 2.13. The van der Waals surface area contributed by atoms with E-state index in [0.717, 1.165) is 18.9 Å². The number of aliphatic hydroxyl groups excluding tert-OH is 1. The van der Waals surface area contributed by atoms with Crippen LogP contribution in [0.4, 0.5) is 0 Å². The summed E-state index contributed by atoms with van der Waals surface area (Å²) in [6.45, 7) is 2.57. The molecule has 1 rings (SSSR count). The minimum atomic E-state index is 0.330. The van der Waals surface area contributed by atoms with Crippen LogP contribution in [0.1, 0.15) is 64.7 Å². The molecule has 0 aromatic carbocycles. The van der Waals surface area contributed by atoms with Crippen LogP contribution in [0.5, 0.6) is 0 Å². The molecule has 1 aliphatic rings. The SMILES string of the molecule is CC(CCCO)NC1CCCCCCC1. The Morgan fingerprint density at radius 2 is 1.73 bits per heavy atom. The summed E-state index contributed by atoms with van der Waals surface area (Å²) in [5.41, 5.74) is 0. The quantitative estimate of drug-likeness (QED) is 0.736. The van der Waals surface area contributed by atoms with Gasteiger partial charge in [0.2, 0.25) is 0 Å². The van der Waals surface area contributed by atoms with E-state index in [9.17, 15) is 0 Å². The summed E-state index contributed by atoms with van der Waals surface area (Å²) in [6.07, 6.45) is 11.8. The molecule has 0 aromatic heterocycles. The number of hydrogen-bond donors (Lipinski definition) is 2. The predicted molar refractivity (Wildman–Crippen MR) is 65.0 cm³/mol. The fraction of sp³-hybridized carbons (Fsp3) is 1.00. The van der Waals surface area contributed by atoms with Crippen LogP contribution in [0.3, 0.4) is 0 Å². The molecule has 2 N–H and O–H groups in total. The number of hydrogen-bond acceptors (Lipinski definition) is 2. The van der Waals surface area contributed by atoms with E-state index in [2.05, 4.69) is 12.2 Å². The molecular formula is C13H27NO. The third-order valence-electron chi connectivity index (χ3n) is 3.42. The van der Waals surface area contributed by atoms with Crippen LogP contribution in [-0.2, 0) is 0 Å². The molecular weight excluding hydrogens is 186 g/mol. The summed E-state index contributed by atoms with van der Waals surface area (Å²) in [7, 11) is 0. The molecule has 0 bridgehead atoms. The Kier molecular flexibility index (Phi) is 7.03. The first-order valence-corrected chi connectivity index (χ1v) is 6.70. The Morgan fingerprint density at radius 3 is 2.33 bits per heavy atom. The molecule has 1 aliphatic carbocycles. The fourth-order valence-corrected chi connectivity index (χ4v) is 2.51. The van der Waals surface area contributed by atoms with Crippen molar-refractivity contribution in [2.24, 2.45) is 0 Å². The van der Waals surface area contributed by atoms with Crippen molar-refractivity contribution < 1.29 is 5.11 Å². The van der Waals surface area contributed by atoms with Crippen molar-refractivity contribution in [2.75, 3.05) is 6.61 Å². The number of nitrogens with one attached hydrogen (secondary N) is 1. The van der Waals surface area contributed by atoms with Gasteiger partial charge in [-0.3, -0.25) is 0 Å². The van der Waals surface area contributed by atoms with Gasteiger partial charge in [-0.1, -0.05) is 32.1 Å². The Morgan fingerprint density at radius 1 is 1.13 bits per heavy atom. The van der Waals surface area contributed by atoms with Gasteiger partial charge in [-0.2, -0.15) is 0 Å². The lowest BCUT2D eigenvalue weighted by atomic mass is 9.96. The van der Waals surface area contributed by atoms with Crippen molar-refractivity contribution in [1.29, 1.82) is 0 Å². The van der Waals surface area contributed by atoms with Crippen molar-refractivity contribution in [3.63, 3.8) is 0 Å². The molecule has 0 saturated heterocycles. The van der Waals surface area contributed by atoms with Crippen LogP contribution in [-0.4, -0.2) is 23.8 Å². The molecule has 1 saturated carbocycles. The van der Waals surface area contributed by atoms with Gasteiger partial charge >= 0.3 is 0 Å². The topological polar surface area (TPSA) is 32.3 Å². The van der Waals surface area contributed by atoms with E-state index < -0.39 is 0 Å². The highest BCUT2D eigenvalue weighted by molar-refractivity contribution is 4.73. The second-order valence-electron chi connectivity index (χ2n) is 4.98. The van der Waals surface area contributed by atoms with E-state index >= 15 is 0 Å². The lowest BCUT2D eigenvalue weighted by Gasteiger charge is -2.25. The van der Waals surface area contributed by atoms with Gasteiger partial charge in [0.25, 0.3) is 0 Å². The lowest BCUT2D eigenvalue weighted by molar-refractivity contribution is 0.269. The molecule has 15 heavy (non-hydrogen) atoms. The first kappa shape index (κ1) is 13.0. The van der Waals surface area contributed by atoms with Gasteiger partial charge in [0.05, 0.1) is 0 Å². The zero-order valence-corrected chi connectivity index (χ0v) is 10.2. The molecule has 1 fully saturated rings. The van der Waals surface area contributed by atoms with Gasteiger partial charge in [0.15, 0.2) is 0 Å². The van der Waals surface area contributed by atoms with Crippen LogP contribution in [0, 0.1) is 0 Å². The second kappa shape index (κ2) is 8.12. The maximum atomic E-state index is 8.78. The van der Waals surface area contributed by atoms with E-state index in [4.69, 9.17) is 5.11 Å². The van der Waals surface area contributed by atoms with E-state index in [1.165, 1.54) is 44.9 Å². The maximum absolute atomic E-state index is 8.78. The van der Waals surface area contributed by atoms with Crippen LogP contribution < -0.4 is 5.32 Å². The lowest BCUT2D eigenvalue weighted by Crippen LogP contribution is -2.37. The summed E-state index contributed by atoms with van der Waals surface area (Å²) in [5.74, 6) is 0. The van der Waals surface area contributed by atoms with Crippen LogP contribution in [0.2, 0.25) is 0 Å². The molecule has 90 valence electrons. The fourth-order valence-electron chi connectivity index (χ4n) is 2.51. The van der Waals surface area contributed by atoms with Gasteiger partial charge in [-0.05, 0) is 32.6 Å². The smallest absolute Gasteiger partial charge is 0.0431 e. The second-order valence-corrected chi connectivity index (χ2v) is 4.98. The summed E-state index contributed by atoms with van der Waals surface area (Å²) in [5, 5.41) is 12.5. The highest BCUT2D eigenvalue weighted by atomic mass is 16.2. The van der Waals surface area contributed by atoms with E-state index in [1.54, 1.807) is 0 Å². The monoisotopic (exact) mass is 213 g/mol. The first-order valence-electron chi connectivity index (χ1n) is 6.70. The van der Waals surface area contributed by atoms with Gasteiger partial charge in [-0.15, -0.1) is 0 Å². The van der Waals surface area contributed by atoms with Gasteiger partial charge in [-0.25, -0.2) is 0 Å². The van der Waals surface area contributed by atoms with Crippen molar-refractivity contribution in [3.8, 4) is 0 Å². The minimum absolute atomic E-state index is 0.330. The largest absolute Gasteiger partial charge is 0.396 e. The summed E-state index contributed by atoms with van der Waals surface area (Å²) < 4.78 is 0. The molecule has 1 unspecified atom stereocenters. The Labute approximate surface area is 94.5 Å². The molecule has 1 atom stereocenters. The van der Waals surface area contributed by atoms with Crippen molar-refractivity contribution in [2.45, 2.75) is 76.8 Å². The Bertz CT molecular complexity index is 141. The third kappa shape index (κ3) is 6.16. The Hall–Kier alpha value is -0.0800. The molecule has 0 aromatic rings. The van der Waals surface area contributed by atoms with Gasteiger partial charge in [0.1, 0.15) is 0 Å². The summed E-state index contributed by atoms with van der Waals surface area (Å²) in [6, 6.07) is 1.31. The average molecular weight is 213 g/mol. The molecule has 2 nitrogen and oxygen atoms in total. The van der Waals surface area contributed by atoms with Crippen molar-refractivity contribution >= 4 is 0 Å². The van der Waals surface area contributed by atoms with Gasteiger partial charge in [0, 0.05) is 18.7 Å². The normalized spacial score (nSPS) is 22.0. The Balaban J connectivity index is 2.16.